The van der Waals surface area contributed by atoms with E-state index in [1.54, 1.807) is 36.4 Å². The van der Waals surface area contributed by atoms with Crippen molar-refractivity contribution in [1.82, 2.24) is 0 Å². The number of ether oxygens (including phenoxy) is 2. The Bertz CT molecular complexity index is 1530. The fourth-order valence-electron chi connectivity index (χ4n) is 3.80. The average molecular weight is 562 g/mol. The van der Waals surface area contributed by atoms with Crippen LogP contribution in [0.4, 0.5) is 17.1 Å². The summed E-state index contributed by atoms with van der Waals surface area (Å²) in [6, 6.07) is 18.3. The summed E-state index contributed by atoms with van der Waals surface area (Å²) in [4.78, 5) is 63.5. The molecule has 204 valence electrons. The molecule has 3 aromatic rings. The first kappa shape index (κ1) is 28.1. The molecule has 0 aromatic heterocycles. The molecule has 0 aliphatic carbocycles. The molecule has 0 spiro atoms. The van der Waals surface area contributed by atoms with Gasteiger partial charge in [-0.25, -0.2) is 14.5 Å². The number of rotatable bonds is 9. The predicted octanol–water partition coefficient (Wildman–Crippen LogP) is 4.73. The molecular formula is C29H24ClN3O7. The second-order valence-electron chi connectivity index (χ2n) is 8.55. The highest BCUT2D eigenvalue weighted by Crippen LogP contribution is 2.30. The first-order valence-corrected chi connectivity index (χ1v) is 12.5. The average Bonchev–Trinajstić information content (AvgIpc) is 3.18. The van der Waals surface area contributed by atoms with Gasteiger partial charge in [0.1, 0.15) is 10.7 Å². The summed E-state index contributed by atoms with van der Waals surface area (Å²) in [7, 11) is 1.26. The Balaban J connectivity index is 1.48. The van der Waals surface area contributed by atoms with Crippen molar-refractivity contribution in [1.29, 1.82) is 0 Å². The number of carbonyl (C=O) groups is 5. The van der Waals surface area contributed by atoms with Crippen LogP contribution in [0, 0.1) is 0 Å². The van der Waals surface area contributed by atoms with Crippen molar-refractivity contribution < 1.29 is 33.4 Å². The van der Waals surface area contributed by atoms with Crippen molar-refractivity contribution in [2.45, 2.75) is 13.3 Å². The molecule has 0 bridgehead atoms. The molecule has 40 heavy (non-hydrogen) atoms. The Morgan fingerprint density at radius 3 is 2.15 bits per heavy atom. The van der Waals surface area contributed by atoms with Crippen molar-refractivity contribution in [3.8, 4) is 0 Å². The van der Waals surface area contributed by atoms with Crippen LogP contribution < -0.4 is 15.5 Å². The summed E-state index contributed by atoms with van der Waals surface area (Å²) in [6.07, 6.45) is 0.680. The number of nitrogens with zero attached hydrogens (tertiary/aromatic N) is 1. The van der Waals surface area contributed by atoms with Gasteiger partial charge in [-0.1, -0.05) is 30.7 Å². The molecular weight excluding hydrogens is 538 g/mol. The number of halogens is 1. The molecule has 3 aromatic carbocycles. The van der Waals surface area contributed by atoms with Crippen LogP contribution in [-0.4, -0.2) is 43.4 Å². The van der Waals surface area contributed by atoms with E-state index in [1.807, 2.05) is 6.92 Å². The predicted molar refractivity (Wildman–Crippen MR) is 148 cm³/mol. The van der Waals surface area contributed by atoms with Gasteiger partial charge >= 0.3 is 11.9 Å². The lowest BCUT2D eigenvalue weighted by atomic mass is 10.1. The molecule has 0 atom stereocenters. The summed E-state index contributed by atoms with van der Waals surface area (Å²) in [5, 5.41) is 5.21. The van der Waals surface area contributed by atoms with E-state index in [2.05, 4.69) is 10.6 Å². The van der Waals surface area contributed by atoms with Gasteiger partial charge in [-0.15, -0.1) is 0 Å². The van der Waals surface area contributed by atoms with Crippen LogP contribution in [0.2, 0.25) is 0 Å². The number of anilines is 3. The molecule has 0 saturated heterocycles. The molecule has 11 heteroatoms. The maximum absolute atomic E-state index is 13.2. The van der Waals surface area contributed by atoms with Gasteiger partial charge in [0.05, 0.1) is 30.5 Å². The number of benzene rings is 3. The van der Waals surface area contributed by atoms with Crippen LogP contribution >= 0.6 is 11.6 Å². The monoisotopic (exact) mass is 561 g/mol. The van der Waals surface area contributed by atoms with Gasteiger partial charge in [0.15, 0.2) is 0 Å². The van der Waals surface area contributed by atoms with E-state index in [9.17, 15) is 24.0 Å². The fourth-order valence-corrected chi connectivity index (χ4v) is 4.01. The number of methoxy groups -OCH3 is 1. The minimum atomic E-state index is -0.741. The highest BCUT2D eigenvalue weighted by Gasteiger charge is 2.39. The number of amides is 3. The summed E-state index contributed by atoms with van der Waals surface area (Å²) >= 11 is 6.23. The van der Waals surface area contributed by atoms with Gasteiger partial charge in [-0.3, -0.25) is 14.4 Å². The van der Waals surface area contributed by atoms with E-state index in [0.29, 0.717) is 17.8 Å². The maximum Gasteiger partial charge on any atom is 0.338 e. The van der Waals surface area contributed by atoms with Crippen LogP contribution in [0.25, 0.3) is 0 Å². The highest BCUT2D eigenvalue weighted by atomic mass is 35.5. The van der Waals surface area contributed by atoms with Crippen molar-refractivity contribution in [3.05, 3.63) is 100 Å². The van der Waals surface area contributed by atoms with E-state index >= 15 is 0 Å². The van der Waals surface area contributed by atoms with Crippen LogP contribution in [0.3, 0.4) is 0 Å². The molecule has 0 saturated carbocycles. The first-order valence-electron chi connectivity index (χ1n) is 12.2. The van der Waals surface area contributed by atoms with E-state index in [4.69, 9.17) is 21.1 Å². The van der Waals surface area contributed by atoms with E-state index < -0.39 is 29.7 Å². The maximum atomic E-state index is 13.2. The number of imide groups is 1. The minimum Gasteiger partial charge on any atom is -0.465 e. The van der Waals surface area contributed by atoms with Crippen LogP contribution in [-0.2, 0) is 19.1 Å². The normalized spacial score (nSPS) is 12.8. The second-order valence-corrected chi connectivity index (χ2v) is 8.93. The number of esters is 2. The molecule has 0 fully saturated rings. The Hall–Kier alpha value is -4.96. The first-order chi connectivity index (χ1) is 19.2. The Morgan fingerprint density at radius 1 is 0.825 bits per heavy atom. The Kier molecular flexibility index (Phi) is 8.60. The van der Waals surface area contributed by atoms with Crippen LogP contribution in [0.1, 0.15) is 44.4 Å². The molecule has 10 nitrogen and oxygen atoms in total. The Labute approximate surface area is 234 Å². The number of hydrogen-bond acceptors (Lipinski definition) is 8. The number of carbonyl (C=O) groups excluding carboxylic acids is 5. The lowest BCUT2D eigenvalue weighted by molar-refractivity contribution is -0.120. The standard InChI is InChI=1S/C29H24ClN3O7/c1-3-14-40-29(38)17-10-12-22(13-11-17)33-26(35)23(30)24(27(33)36)31-20-8-4-6-18(15-20)25(34)32-21-9-5-7-19(16-21)28(37)39-2/h4-13,15-16,31H,3,14H2,1-2H3,(H,32,34). The molecule has 4 rings (SSSR count). The van der Waals surface area contributed by atoms with Gasteiger partial charge in [0.25, 0.3) is 17.7 Å². The van der Waals surface area contributed by atoms with E-state index in [-0.39, 0.29) is 39.7 Å². The number of hydrogen-bond donors (Lipinski definition) is 2. The van der Waals surface area contributed by atoms with Gasteiger partial charge < -0.3 is 20.1 Å². The third-order valence-corrected chi connectivity index (χ3v) is 6.11. The van der Waals surface area contributed by atoms with Crippen LogP contribution in [0.5, 0.6) is 0 Å². The zero-order valence-corrected chi connectivity index (χ0v) is 22.3. The molecule has 2 N–H and O–H groups in total. The van der Waals surface area contributed by atoms with Gasteiger partial charge in [-0.05, 0) is 67.1 Å². The summed E-state index contributed by atoms with van der Waals surface area (Å²) in [6.45, 7) is 2.16. The lowest BCUT2D eigenvalue weighted by Gasteiger charge is -2.15. The SMILES string of the molecule is CCCOC(=O)c1ccc(N2C(=O)C(Cl)=C(Nc3cccc(C(=O)Nc4cccc(C(=O)OC)c4)c3)C2=O)cc1. The molecule has 1 heterocycles. The minimum absolute atomic E-state index is 0.165. The van der Waals surface area contributed by atoms with Crippen molar-refractivity contribution in [3.63, 3.8) is 0 Å². The smallest absolute Gasteiger partial charge is 0.338 e. The van der Waals surface area contributed by atoms with Crippen molar-refractivity contribution >= 4 is 58.3 Å². The fraction of sp³-hybridized carbons (Fsp3) is 0.138. The molecule has 0 unspecified atom stereocenters. The van der Waals surface area contributed by atoms with Gasteiger partial charge in [0.2, 0.25) is 0 Å². The third kappa shape index (κ3) is 6.02. The summed E-state index contributed by atoms with van der Waals surface area (Å²) in [5.41, 5.74) is 1.57. The zero-order valence-electron chi connectivity index (χ0n) is 21.5. The van der Waals surface area contributed by atoms with Crippen LogP contribution in [0.15, 0.2) is 83.5 Å². The van der Waals surface area contributed by atoms with Gasteiger partial charge in [0, 0.05) is 16.9 Å². The summed E-state index contributed by atoms with van der Waals surface area (Å²) < 4.78 is 9.79. The topological polar surface area (TPSA) is 131 Å². The van der Waals surface area contributed by atoms with E-state index in [1.165, 1.54) is 43.5 Å². The molecule has 3 amide bonds. The second kappa shape index (κ2) is 12.3. The number of nitrogens with one attached hydrogen (secondary N) is 2. The van der Waals surface area contributed by atoms with Crippen molar-refractivity contribution in [2.24, 2.45) is 0 Å². The molecule has 0 radical (unpaired) electrons. The van der Waals surface area contributed by atoms with E-state index in [0.717, 1.165) is 4.90 Å². The zero-order chi connectivity index (χ0) is 28.8. The molecule has 1 aliphatic rings. The largest absolute Gasteiger partial charge is 0.465 e. The third-order valence-electron chi connectivity index (χ3n) is 5.76. The summed E-state index contributed by atoms with van der Waals surface area (Å²) in [5.74, 6) is -2.96. The van der Waals surface area contributed by atoms with Crippen molar-refractivity contribution in [2.75, 3.05) is 29.3 Å². The quantitative estimate of drug-likeness (QED) is 0.283. The highest BCUT2D eigenvalue weighted by molar-refractivity contribution is 6.53. The Morgan fingerprint density at radius 2 is 1.48 bits per heavy atom. The van der Waals surface area contributed by atoms with Gasteiger partial charge in [-0.2, -0.15) is 0 Å². The molecule has 1 aliphatic heterocycles. The lowest BCUT2D eigenvalue weighted by Crippen LogP contribution is -2.32.